The maximum Gasteiger partial charge on any atom is 0.256 e. The molecule has 0 aliphatic carbocycles. The first-order valence-electron chi connectivity index (χ1n) is 11.0. The summed E-state index contributed by atoms with van der Waals surface area (Å²) < 4.78 is 15.7. The second-order valence-corrected chi connectivity index (χ2v) is 8.95. The summed E-state index contributed by atoms with van der Waals surface area (Å²) in [6, 6.07) is 13.3. The van der Waals surface area contributed by atoms with Gasteiger partial charge in [0.25, 0.3) is 11.8 Å². The van der Waals surface area contributed by atoms with Crippen LogP contribution in [0.4, 0.5) is 4.39 Å². The van der Waals surface area contributed by atoms with Crippen molar-refractivity contribution in [3.05, 3.63) is 82.4 Å². The molecule has 1 aliphatic rings. The van der Waals surface area contributed by atoms with E-state index in [0.29, 0.717) is 36.5 Å². The lowest BCUT2D eigenvalue weighted by Crippen LogP contribution is -2.46. The number of benzene rings is 2. The minimum atomic E-state index is -0.518. The van der Waals surface area contributed by atoms with Gasteiger partial charge in [0.05, 0.1) is 28.7 Å². The molecule has 0 spiro atoms. The van der Waals surface area contributed by atoms with Crippen LogP contribution >= 0.6 is 11.6 Å². The van der Waals surface area contributed by atoms with Crippen LogP contribution in [0.2, 0.25) is 5.02 Å². The molecule has 3 aromatic rings. The summed E-state index contributed by atoms with van der Waals surface area (Å²) in [5, 5.41) is 8.13. The van der Waals surface area contributed by atoms with Gasteiger partial charge in [0.15, 0.2) is 0 Å². The molecule has 0 radical (unpaired) electrons. The molecule has 4 rings (SSSR count). The normalized spacial score (nSPS) is 14.5. The second-order valence-electron chi connectivity index (χ2n) is 8.51. The molecule has 2 aromatic carbocycles. The lowest BCUT2D eigenvalue weighted by molar-refractivity contribution is 0.0693. The smallest absolute Gasteiger partial charge is 0.256 e. The van der Waals surface area contributed by atoms with E-state index in [9.17, 15) is 14.0 Å². The fourth-order valence-corrected chi connectivity index (χ4v) is 4.38. The highest BCUT2D eigenvalue weighted by Crippen LogP contribution is 2.25. The molecule has 0 unspecified atom stereocenters. The zero-order valence-electron chi connectivity index (χ0n) is 18.6. The zero-order chi connectivity index (χ0) is 23.5. The van der Waals surface area contributed by atoms with E-state index in [-0.39, 0.29) is 29.3 Å². The fourth-order valence-electron chi connectivity index (χ4n) is 4.20. The Bertz CT molecular complexity index is 1170. The molecule has 0 bridgehead atoms. The van der Waals surface area contributed by atoms with Gasteiger partial charge in [0, 0.05) is 24.2 Å². The highest BCUT2D eigenvalue weighted by Gasteiger charge is 2.28. The monoisotopic (exact) mass is 468 g/mol. The second kappa shape index (κ2) is 9.75. The molecule has 2 heterocycles. The van der Waals surface area contributed by atoms with Crippen molar-refractivity contribution < 1.29 is 14.0 Å². The van der Waals surface area contributed by atoms with Crippen molar-refractivity contribution in [2.75, 3.05) is 13.1 Å². The first-order chi connectivity index (χ1) is 15.8. The van der Waals surface area contributed by atoms with Crippen LogP contribution in [0.15, 0.2) is 54.7 Å². The number of carbonyl (C=O) groups excluding carboxylic acids is 2. The number of carbonyl (C=O) groups is 2. The predicted octanol–water partition coefficient (Wildman–Crippen LogP) is 4.82. The Kier molecular flexibility index (Phi) is 6.79. The molecule has 6 nitrogen and oxygen atoms in total. The molecule has 0 atom stereocenters. The zero-order valence-corrected chi connectivity index (χ0v) is 19.3. The number of likely N-dealkylation sites (tertiary alicyclic amines) is 1. The minimum Gasteiger partial charge on any atom is -0.349 e. The summed E-state index contributed by atoms with van der Waals surface area (Å²) in [5.74, 6) is -0.961. The van der Waals surface area contributed by atoms with Gasteiger partial charge in [-0.1, -0.05) is 43.6 Å². The molecule has 172 valence electrons. The van der Waals surface area contributed by atoms with Crippen LogP contribution in [0, 0.1) is 5.82 Å². The number of aromatic nitrogens is 2. The van der Waals surface area contributed by atoms with Crippen LogP contribution in [-0.4, -0.2) is 45.6 Å². The Morgan fingerprint density at radius 2 is 1.82 bits per heavy atom. The van der Waals surface area contributed by atoms with Crippen molar-refractivity contribution >= 4 is 23.4 Å². The van der Waals surface area contributed by atoms with E-state index in [1.165, 1.54) is 12.1 Å². The maximum atomic E-state index is 14.0. The van der Waals surface area contributed by atoms with Crippen LogP contribution < -0.4 is 5.32 Å². The minimum absolute atomic E-state index is 0.0625. The number of nitrogens with zero attached hydrogens (tertiary/aromatic N) is 3. The maximum absolute atomic E-state index is 14.0. The van der Waals surface area contributed by atoms with Crippen LogP contribution in [0.5, 0.6) is 0 Å². The lowest BCUT2D eigenvalue weighted by atomic mass is 10.0. The van der Waals surface area contributed by atoms with E-state index in [2.05, 4.69) is 10.4 Å². The third kappa shape index (κ3) is 4.93. The van der Waals surface area contributed by atoms with Crippen LogP contribution in [0.3, 0.4) is 0 Å². The number of piperidine rings is 1. The molecule has 33 heavy (non-hydrogen) atoms. The highest BCUT2D eigenvalue weighted by molar-refractivity contribution is 6.30. The van der Waals surface area contributed by atoms with Crippen LogP contribution in [0.25, 0.3) is 5.69 Å². The summed E-state index contributed by atoms with van der Waals surface area (Å²) in [5.41, 5.74) is 2.21. The Labute approximate surface area is 197 Å². The van der Waals surface area contributed by atoms with Crippen LogP contribution in [0.1, 0.15) is 59.0 Å². The summed E-state index contributed by atoms with van der Waals surface area (Å²) in [4.78, 5) is 27.4. The average Bonchev–Trinajstić information content (AvgIpc) is 3.25. The summed E-state index contributed by atoms with van der Waals surface area (Å²) >= 11 is 6.14. The van der Waals surface area contributed by atoms with E-state index in [1.807, 2.05) is 32.0 Å². The molecule has 2 amide bonds. The first-order valence-corrected chi connectivity index (χ1v) is 11.4. The molecule has 8 heteroatoms. The first kappa shape index (κ1) is 23.0. The van der Waals surface area contributed by atoms with Gasteiger partial charge in [-0.15, -0.1) is 0 Å². The summed E-state index contributed by atoms with van der Waals surface area (Å²) in [6.07, 6.45) is 2.79. The number of hydrogen-bond donors (Lipinski definition) is 1. The number of rotatable bonds is 5. The van der Waals surface area contributed by atoms with E-state index in [0.717, 1.165) is 11.4 Å². The third-order valence-electron chi connectivity index (χ3n) is 5.87. The molecule has 1 N–H and O–H groups in total. The number of halogens is 2. The Morgan fingerprint density at radius 1 is 1.09 bits per heavy atom. The number of nitrogens with one attached hydrogen (secondary N) is 1. The van der Waals surface area contributed by atoms with Crippen molar-refractivity contribution in [1.82, 2.24) is 20.0 Å². The van der Waals surface area contributed by atoms with Gasteiger partial charge >= 0.3 is 0 Å². The number of amides is 2. The van der Waals surface area contributed by atoms with Gasteiger partial charge in [-0.2, -0.15) is 5.10 Å². The number of hydrogen-bond acceptors (Lipinski definition) is 3. The lowest BCUT2D eigenvalue weighted by Gasteiger charge is -2.32. The molecule has 0 saturated carbocycles. The molecular formula is C25H26ClFN4O2. The standard InChI is InChI=1S/C25H26ClFN4O2/c1-16(2)23-21(15-28-31(23)19-7-5-6-17(26)14-19)24(32)29-18-10-12-30(13-11-18)25(33)20-8-3-4-9-22(20)27/h3-9,14-16,18H,10-13H2,1-2H3,(H,29,32). The Morgan fingerprint density at radius 3 is 2.48 bits per heavy atom. The molecule has 1 saturated heterocycles. The average molecular weight is 469 g/mol. The van der Waals surface area contributed by atoms with Gasteiger partial charge in [-0.05, 0) is 49.1 Å². The van der Waals surface area contributed by atoms with Crippen molar-refractivity contribution in [2.45, 2.75) is 38.6 Å². The van der Waals surface area contributed by atoms with E-state index in [1.54, 1.807) is 34.0 Å². The SMILES string of the molecule is CC(C)c1c(C(=O)NC2CCN(C(=O)c3ccccc3F)CC2)cnn1-c1cccc(Cl)c1. The van der Waals surface area contributed by atoms with Gasteiger partial charge < -0.3 is 10.2 Å². The van der Waals surface area contributed by atoms with Crippen molar-refractivity contribution in [1.29, 1.82) is 0 Å². The third-order valence-corrected chi connectivity index (χ3v) is 6.11. The van der Waals surface area contributed by atoms with Gasteiger partial charge in [-0.3, -0.25) is 9.59 Å². The van der Waals surface area contributed by atoms with Gasteiger partial charge in [-0.25, -0.2) is 9.07 Å². The van der Waals surface area contributed by atoms with Crippen LogP contribution in [-0.2, 0) is 0 Å². The van der Waals surface area contributed by atoms with Crippen molar-refractivity contribution in [3.8, 4) is 5.69 Å². The molecule has 1 fully saturated rings. The predicted molar refractivity (Wildman–Crippen MR) is 125 cm³/mol. The molecular weight excluding hydrogens is 443 g/mol. The van der Waals surface area contributed by atoms with E-state index >= 15 is 0 Å². The Hall–Kier alpha value is -3.19. The Balaban J connectivity index is 1.43. The van der Waals surface area contributed by atoms with Crippen molar-refractivity contribution in [3.63, 3.8) is 0 Å². The van der Waals surface area contributed by atoms with Gasteiger partial charge in [0.1, 0.15) is 5.82 Å². The fraction of sp³-hybridized carbons (Fsp3) is 0.320. The quantitative estimate of drug-likeness (QED) is 0.583. The molecule has 1 aliphatic heterocycles. The molecule has 1 aromatic heterocycles. The van der Waals surface area contributed by atoms with Gasteiger partial charge in [0.2, 0.25) is 0 Å². The highest BCUT2D eigenvalue weighted by atomic mass is 35.5. The van der Waals surface area contributed by atoms with E-state index < -0.39 is 5.82 Å². The summed E-state index contributed by atoms with van der Waals surface area (Å²) in [6.45, 7) is 4.94. The van der Waals surface area contributed by atoms with E-state index in [4.69, 9.17) is 11.6 Å². The summed E-state index contributed by atoms with van der Waals surface area (Å²) in [7, 11) is 0. The van der Waals surface area contributed by atoms with Crippen molar-refractivity contribution in [2.24, 2.45) is 0 Å². The topological polar surface area (TPSA) is 67.2 Å². The largest absolute Gasteiger partial charge is 0.349 e.